The lowest BCUT2D eigenvalue weighted by atomic mass is 10.1. The molecular formula is C14H17NO. The van der Waals surface area contributed by atoms with E-state index in [-0.39, 0.29) is 6.04 Å². The molecule has 1 aromatic carbocycles. The number of hydrogen-bond donors (Lipinski definition) is 1. The van der Waals surface area contributed by atoms with E-state index in [1.54, 1.807) is 0 Å². The Morgan fingerprint density at radius 1 is 1.44 bits per heavy atom. The van der Waals surface area contributed by atoms with Crippen LogP contribution in [-0.4, -0.2) is 7.05 Å². The van der Waals surface area contributed by atoms with Crippen molar-refractivity contribution in [3.05, 3.63) is 48.2 Å². The topological polar surface area (TPSA) is 25.2 Å². The second-order valence-corrected chi connectivity index (χ2v) is 4.19. The number of rotatable bonds is 4. The predicted molar refractivity (Wildman–Crippen MR) is 67.4 cm³/mol. The first-order valence-electron chi connectivity index (χ1n) is 5.51. The zero-order chi connectivity index (χ0) is 11.5. The van der Waals surface area contributed by atoms with Crippen molar-refractivity contribution in [2.75, 3.05) is 7.05 Å². The molecule has 2 rings (SSSR count). The van der Waals surface area contributed by atoms with Gasteiger partial charge in [-0.2, -0.15) is 0 Å². The van der Waals surface area contributed by atoms with Crippen molar-refractivity contribution in [3.63, 3.8) is 0 Å². The van der Waals surface area contributed by atoms with Crippen LogP contribution in [0.4, 0.5) is 0 Å². The molecule has 0 amide bonds. The van der Waals surface area contributed by atoms with Crippen molar-refractivity contribution in [1.29, 1.82) is 0 Å². The molecule has 1 aromatic heterocycles. The number of para-hydroxylation sites is 1. The molecule has 84 valence electrons. The smallest absolute Gasteiger partial charge is 0.134 e. The van der Waals surface area contributed by atoms with Crippen molar-refractivity contribution < 1.29 is 4.42 Å². The van der Waals surface area contributed by atoms with Gasteiger partial charge in [0.1, 0.15) is 11.3 Å². The number of fused-ring (bicyclic) bond motifs is 1. The summed E-state index contributed by atoms with van der Waals surface area (Å²) in [6, 6.07) is 10.4. The highest BCUT2D eigenvalue weighted by molar-refractivity contribution is 5.77. The highest BCUT2D eigenvalue weighted by Crippen LogP contribution is 2.26. The monoisotopic (exact) mass is 215 g/mol. The molecule has 0 bridgehead atoms. The molecule has 0 spiro atoms. The first-order valence-corrected chi connectivity index (χ1v) is 5.51. The average Bonchev–Trinajstić information content (AvgIpc) is 2.68. The minimum atomic E-state index is 0.213. The maximum Gasteiger partial charge on any atom is 0.134 e. The van der Waals surface area contributed by atoms with Crippen LogP contribution in [0.5, 0.6) is 0 Å². The summed E-state index contributed by atoms with van der Waals surface area (Å²) in [6.07, 6.45) is 0.899. The van der Waals surface area contributed by atoms with Crippen LogP contribution in [0.25, 0.3) is 11.0 Å². The molecule has 0 fully saturated rings. The summed E-state index contributed by atoms with van der Waals surface area (Å²) >= 11 is 0. The van der Waals surface area contributed by atoms with Crippen molar-refractivity contribution in [2.45, 2.75) is 19.4 Å². The van der Waals surface area contributed by atoms with E-state index >= 15 is 0 Å². The number of benzene rings is 1. The van der Waals surface area contributed by atoms with Gasteiger partial charge in [0, 0.05) is 5.39 Å². The Kier molecular flexibility index (Phi) is 3.11. The fraction of sp³-hybridized carbons (Fsp3) is 0.286. The molecule has 1 heterocycles. The minimum absolute atomic E-state index is 0.213. The Morgan fingerprint density at radius 2 is 2.19 bits per heavy atom. The Morgan fingerprint density at radius 3 is 2.81 bits per heavy atom. The second-order valence-electron chi connectivity index (χ2n) is 4.19. The molecule has 1 atom stereocenters. The molecule has 16 heavy (non-hydrogen) atoms. The van der Waals surface area contributed by atoms with E-state index in [2.05, 4.69) is 24.0 Å². The maximum atomic E-state index is 5.82. The zero-order valence-corrected chi connectivity index (χ0v) is 9.79. The largest absolute Gasteiger partial charge is 0.459 e. The van der Waals surface area contributed by atoms with Gasteiger partial charge >= 0.3 is 0 Å². The quantitative estimate of drug-likeness (QED) is 0.787. The van der Waals surface area contributed by atoms with Gasteiger partial charge in [0.15, 0.2) is 0 Å². The summed E-state index contributed by atoms with van der Waals surface area (Å²) in [6.45, 7) is 5.98. The van der Waals surface area contributed by atoms with Crippen LogP contribution in [-0.2, 0) is 0 Å². The van der Waals surface area contributed by atoms with Gasteiger partial charge in [-0.25, -0.2) is 0 Å². The summed E-state index contributed by atoms with van der Waals surface area (Å²) in [5, 5.41) is 4.41. The molecule has 0 aliphatic carbocycles. The highest BCUT2D eigenvalue weighted by Gasteiger charge is 2.14. The first-order chi connectivity index (χ1) is 7.70. The van der Waals surface area contributed by atoms with Gasteiger partial charge < -0.3 is 9.73 Å². The molecular weight excluding hydrogens is 198 g/mol. The summed E-state index contributed by atoms with van der Waals surface area (Å²) in [5.74, 6) is 0.978. The lowest BCUT2D eigenvalue weighted by Gasteiger charge is -2.12. The van der Waals surface area contributed by atoms with Gasteiger partial charge in [-0.05, 0) is 32.5 Å². The van der Waals surface area contributed by atoms with Crippen LogP contribution in [0.1, 0.15) is 25.1 Å². The van der Waals surface area contributed by atoms with Crippen LogP contribution in [0.3, 0.4) is 0 Å². The Labute approximate surface area is 96.0 Å². The van der Waals surface area contributed by atoms with Crippen LogP contribution in [0.2, 0.25) is 0 Å². The Balaban J connectivity index is 2.34. The van der Waals surface area contributed by atoms with Crippen molar-refractivity contribution in [3.8, 4) is 0 Å². The molecule has 0 saturated carbocycles. The predicted octanol–water partition coefficient (Wildman–Crippen LogP) is 3.66. The highest BCUT2D eigenvalue weighted by atomic mass is 16.3. The van der Waals surface area contributed by atoms with Gasteiger partial charge in [0.2, 0.25) is 0 Å². The zero-order valence-electron chi connectivity index (χ0n) is 9.79. The number of furan rings is 1. The van der Waals surface area contributed by atoms with Gasteiger partial charge in [0.05, 0.1) is 6.04 Å². The van der Waals surface area contributed by atoms with Gasteiger partial charge in [-0.15, -0.1) is 6.58 Å². The maximum absolute atomic E-state index is 5.82. The molecule has 2 aromatic rings. The van der Waals surface area contributed by atoms with Gasteiger partial charge in [-0.1, -0.05) is 23.8 Å². The SMILES string of the molecule is C=C(C)CC(NC)c1cc2ccccc2o1. The third-order valence-corrected chi connectivity index (χ3v) is 2.69. The van der Waals surface area contributed by atoms with E-state index in [1.807, 2.05) is 32.2 Å². The standard InChI is InChI=1S/C14H17NO/c1-10(2)8-12(15-3)14-9-11-6-4-5-7-13(11)16-14/h4-7,9,12,15H,1,8H2,2-3H3. The lowest BCUT2D eigenvalue weighted by Crippen LogP contribution is -2.15. The fourth-order valence-electron chi connectivity index (χ4n) is 1.87. The summed E-state index contributed by atoms with van der Waals surface area (Å²) in [5.41, 5.74) is 2.10. The molecule has 0 aliphatic rings. The number of nitrogens with one attached hydrogen (secondary N) is 1. The minimum Gasteiger partial charge on any atom is -0.459 e. The molecule has 0 saturated heterocycles. The second kappa shape index (κ2) is 4.54. The van der Waals surface area contributed by atoms with Crippen LogP contribution < -0.4 is 5.32 Å². The summed E-state index contributed by atoms with van der Waals surface area (Å²) < 4.78 is 5.82. The Bertz CT molecular complexity index is 465. The van der Waals surface area contributed by atoms with Crippen molar-refractivity contribution >= 4 is 11.0 Å². The Hall–Kier alpha value is -1.54. The molecule has 1 unspecified atom stereocenters. The van der Waals surface area contributed by atoms with E-state index in [0.29, 0.717) is 0 Å². The normalized spacial score (nSPS) is 12.9. The molecule has 2 nitrogen and oxygen atoms in total. The summed E-state index contributed by atoms with van der Waals surface area (Å²) in [4.78, 5) is 0. The molecule has 0 aliphatic heterocycles. The van der Waals surface area contributed by atoms with Crippen LogP contribution >= 0.6 is 0 Å². The molecule has 1 N–H and O–H groups in total. The summed E-state index contributed by atoms with van der Waals surface area (Å²) in [7, 11) is 1.95. The van der Waals surface area contributed by atoms with Gasteiger partial charge in [0.25, 0.3) is 0 Å². The van der Waals surface area contributed by atoms with Gasteiger partial charge in [-0.3, -0.25) is 0 Å². The molecule has 0 radical (unpaired) electrons. The van der Waals surface area contributed by atoms with E-state index in [4.69, 9.17) is 4.42 Å². The van der Waals surface area contributed by atoms with E-state index < -0.39 is 0 Å². The van der Waals surface area contributed by atoms with Crippen molar-refractivity contribution in [1.82, 2.24) is 5.32 Å². The first kappa shape index (κ1) is 11.0. The third kappa shape index (κ3) is 2.17. The van der Waals surface area contributed by atoms with Crippen LogP contribution in [0, 0.1) is 0 Å². The fourth-order valence-corrected chi connectivity index (χ4v) is 1.87. The van der Waals surface area contributed by atoms with Crippen LogP contribution in [0.15, 0.2) is 46.9 Å². The van der Waals surface area contributed by atoms with E-state index in [9.17, 15) is 0 Å². The lowest BCUT2D eigenvalue weighted by molar-refractivity contribution is 0.450. The van der Waals surface area contributed by atoms with Crippen molar-refractivity contribution in [2.24, 2.45) is 0 Å². The number of hydrogen-bond acceptors (Lipinski definition) is 2. The van der Waals surface area contributed by atoms with E-state index in [0.717, 1.165) is 28.7 Å². The van der Waals surface area contributed by atoms with E-state index in [1.165, 1.54) is 0 Å². The average molecular weight is 215 g/mol. The third-order valence-electron chi connectivity index (χ3n) is 2.69. The molecule has 2 heteroatoms.